The second-order valence-corrected chi connectivity index (χ2v) is 5.93. The van der Waals surface area contributed by atoms with Crippen molar-refractivity contribution in [1.82, 2.24) is 5.32 Å². The fourth-order valence-corrected chi connectivity index (χ4v) is 2.70. The van der Waals surface area contributed by atoms with Gasteiger partial charge in [-0.3, -0.25) is 4.94 Å². The van der Waals surface area contributed by atoms with Crippen molar-refractivity contribution in [3.63, 3.8) is 0 Å². The molecule has 0 aliphatic carbocycles. The second-order valence-electron chi connectivity index (χ2n) is 5.93. The van der Waals surface area contributed by atoms with Crippen LogP contribution in [-0.2, 0) is 28.9 Å². The number of benzene rings is 2. The van der Waals surface area contributed by atoms with Crippen LogP contribution < -0.4 is 5.32 Å². The molecule has 0 unspecified atom stereocenters. The van der Waals surface area contributed by atoms with Crippen LogP contribution in [0.3, 0.4) is 0 Å². The summed E-state index contributed by atoms with van der Waals surface area (Å²) in [5.41, 5.74) is 2.45. The fraction of sp³-hybridized carbons (Fsp3) is 0.381. The van der Waals surface area contributed by atoms with Crippen molar-refractivity contribution in [3.8, 4) is 11.1 Å². The van der Waals surface area contributed by atoms with Gasteiger partial charge in [-0.2, -0.15) is 13.2 Å². The average molecular weight is 399 g/mol. The van der Waals surface area contributed by atoms with E-state index in [1.807, 2.05) is 27.7 Å². The number of hydrogen-bond acceptors (Lipinski definition) is 3. The first-order chi connectivity index (χ1) is 13.3. The lowest BCUT2D eigenvalue weighted by Gasteiger charge is -2.16. The van der Waals surface area contributed by atoms with Crippen molar-refractivity contribution < 1.29 is 27.4 Å². The van der Waals surface area contributed by atoms with Gasteiger partial charge in [0.1, 0.15) is 0 Å². The van der Waals surface area contributed by atoms with E-state index < -0.39 is 17.7 Å². The van der Waals surface area contributed by atoms with Crippen LogP contribution in [0.4, 0.5) is 17.7 Å². The molecule has 0 aromatic heterocycles. The molecule has 28 heavy (non-hydrogen) atoms. The third-order valence-corrected chi connectivity index (χ3v) is 4.02. The van der Waals surface area contributed by atoms with Gasteiger partial charge in [-0.25, -0.2) is 4.79 Å². The van der Waals surface area contributed by atoms with Crippen molar-refractivity contribution in [2.45, 2.75) is 46.8 Å². The molecule has 1 N–H and O–H groups in total. The number of carbonyl (C=O) groups is 1. The first kappa shape index (κ1) is 23.6. The molecule has 0 aliphatic rings. The van der Waals surface area contributed by atoms with E-state index in [1.54, 1.807) is 18.2 Å². The molecule has 2 aromatic rings. The van der Waals surface area contributed by atoms with Crippen molar-refractivity contribution in [3.05, 3.63) is 58.7 Å². The molecule has 7 heteroatoms. The number of nitrogens with one attached hydrogen (secondary N) is 1. The maximum Gasteiger partial charge on any atom is 0.416 e. The number of carbonyl (C=O) groups excluding carboxylic acids is 1. The van der Waals surface area contributed by atoms with Crippen LogP contribution >= 0.6 is 0 Å². The third kappa shape index (κ3) is 6.34. The van der Waals surface area contributed by atoms with Gasteiger partial charge in [0.15, 0.2) is 0 Å². The lowest BCUT2D eigenvalue weighted by Crippen LogP contribution is -2.14. The third-order valence-electron chi connectivity index (χ3n) is 4.02. The summed E-state index contributed by atoms with van der Waals surface area (Å²) in [5, 5.41) is 3.04. The van der Waals surface area contributed by atoms with E-state index in [2.05, 4.69) is 10.3 Å². The van der Waals surface area contributed by atoms with Gasteiger partial charge in [-0.1, -0.05) is 45.0 Å². The summed E-state index contributed by atoms with van der Waals surface area (Å²) in [6.07, 6.45) is -4.69. The van der Waals surface area contributed by atoms with Crippen LogP contribution in [-0.4, -0.2) is 12.5 Å². The number of aryl methyl sites for hydroxylation is 1. The minimum atomic E-state index is -4.43. The highest BCUT2D eigenvalue weighted by Gasteiger charge is 2.31. The summed E-state index contributed by atoms with van der Waals surface area (Å²) in [6, 6.07) is 8.65. The Balaban J connectivity index is 0.00000190. The molecule has 0 saturated heterocycles. The number of hydrogen-bond donors (Lipinski definition) is 1. The SMILES string of the molecule is CC.CCNCc1cc(C(F)(F)F)ccc1-c1cc(CC(=O)OF)ccc1C. The molecule has 154 valence electrons. The number of alkyl halides is 3. The monoisotopic (exact) mass is 399 g/mol. The highest BCUT2D eigenvalue weighted by atomic mass is 19.4. The summed E-state index contributed by atoms with van der Waals surface area (Å²) in [5.74, 6) is -1.03. The zero-order chi connectivity index (χ0) is 21.3. The van der Waals surface area contributed by atoms with Gasteiger partial charge in [0, 0.05) is 11.1 Å². The lowest BCUT2D eigenvalue weighted by atomic mass is 9.92. The van der Waals surface area contributed by atoms with Crippen molar-refractivity contribution in [2.75, 3.05) is 6.54 Å². The topological polar surface area (TPSA) is 38.3 Å². The Morgan fingerprint density at radius 1 is 1.07 bits per heavy atom. The molecule has 2 rings (SSSR count). The van der Waals surface area contributed by atoms with Crippen LogP contribution in [0, 0.1) is 6.92 Å². The van der Waals surface area contributed by atoms with Gasteiger partial charge in [0.05, 0.1) is 12.0 Å². The molecule has 0 radical (unpaired) electrons. The van der Waals surface area contributed by atoms with Gasteiger partial charge in [0.25, 0.3) is 0 Å². The summed E-state index contributed by atoms with van der Waals surface area (Å²) in [4.78, 5) is 14.3. The first-order valence-electron chi connectivity index (χ1n) is 9.08. The van der Waals surface area contributed by atoms with E-state index >= 15 is 0 Å². The van der Waals surface area contributed by atoms with Crippen molar-refractivity contribution >= 4 is 5.97 Å². The highest BCUT2D eigenvalue weighted by molar-refractivity contribution is 5.75. The Hall–Kier alpha value is -2.41. The zero-order valence-electron chi connectivity index (χ0n) is 16.4. The Labute approximate surface area is 162 Å². The number of halogens is 4. The van der Waals surface area contributed by atoms with E-state index in [0.717, 1.165) is 17.7 Å². The van der Waals surface area contributed by atoms with Gasteiger partial charge in [-0.05, 0) is 53.4 Å². The molecular weight excluding hydrogens is 374 g/mol. The molecule has 0 aliphatic heterocycles. The summed E-state index contributed by atoms with van der Waals surface area (Å²) in [7, 11) is 0. The maximum atomic E-state index is 13.0. The quantitative estimate of drug-likeness (QED) is 0.625. The predicted octanol–water partition coefficient (Wildman–Crippen LogP) is 5.79. The predicted molar refractivity (Wildman–Crippen MR) is 101 cm³/mol. The molecule has 0 atom stereocenters. The van der Waals surface area contributed by atoms with Crippen LogP contribution in [0.25, 0.3) is 11.1 Å². The number of rotatable bonds is 6. The summed E-state index contributed by atoms with van der Waals surface area (Å²) < 4.78 is 51.1. The maximum absolute atomic E-state index is 13.0. The van der Waals surface area contributed by atoms with E-state index in [9.17, 15) is 22.5 Å². The largest absolute Gasteiger partial charge is 0.416 e. The van der Waals surface area contributed by atoms with Crippen LogP contribution in [0.1, 0.15) is 43.0 Å². The smallest absolute Gasteiger partial charge is 0.313 e. The minimum absolute atomic E-state index is 0.257. The Kier molecular flexibility index (Phi) is 9.12. The second kappa shape index (κ2) is 10.8. The van der Waals surface area contributed by atoms with Crippen LogP contribution in [0.15, 0.2) is 36.4 Å². The first-order valence-corrected chi connectivity index (χ1v) is 9.08. The van der Waals surface area contributed by atoms with Crippen LogP contribution in [0.2, 0.25) is 0 Å². The minimum Gasteiger partial charge on any atom is -0.313 e. The summed E-state index contributed by atoms with van der Waals surface area (Å²) >= 11 is 0. The molecule has 3 nitrogen and oxygen atoms in total. The Bertz CT molecular complexity index is 788. The zero-order valence-corrected chi connectivity index (χ0v) is 16.4. The average Bonchev–Trinajstić information content (AvgIpc) is 2.68. The Morgan fingerprint density at radius 2 is 1.75 bits per heavy atom. The van der Waals surface area contributed by atoms with Gasteiger partial charge >= 0.3 is 12.1 Å². The molecular formula is C21H25F4NO2. The Morgan fingerprint density at radius 3 is 2.32 bits per heavy atom. The molecule has 0 bridgehead atoms. The van der Waals surface area contributed by atoms with Gasteiger partial charge < -0.3 is 5.32 Å². The van der Waals surface area contributed by atoms with E-state index in [0.29, 0.717) is 28.8 Å². The fourth-order valence-electron chi connectivity index (χ4n) is 2.70. The summed E-state index contributed by atoms with van der Waals surface area (Å²) in [6.45, 7) is 8.56. The molecule has 0 saturated carbocycles. The molecule has 0 fully saturated rings. The molecule has 2 aromatic carbocycles. The standard InChI is InChI=1S/C19H19F4NO2.C2H6/c1-3-24-11-14-10-15(19(20,21)22)6-7-16(14)17-8-13(5-4-12(17)2)9-18(25)26-23;1-2/h4-8,10,24H,3,9,11H2,1-2H3;1-2H3. The molecule has 0 heterocycles. The van der Waals surface area contributed by atoms with E-state index in [1.165, 1.54) is 6.07 Å². The molecule has 0 spiro atoms. The van der Waals surface area contributed by atoms with E-state index in [4.69, 9.17) is 0 Å². The molecule has 0 amide bonds. The van der Waals surface area contributed by atoms with Gasteiger partial charge in [-0.15, -0.1) is 0 Å². The van der Waals surface area contributed by atoms with E-state index in [-0.39, 0.29) is 13.0 Å². The van der Waals surface area contributed by atoms with Crippen molar-refractivity contribution in [1.29, 1.82) is 0 Å². The highest BCUT2D eigenvalue weighted by Crippen LogP contribution is 2.35. The van der Waals surface area contributed by atoms with Gasteiger partial charge in [0.2, 0.25) is 0 Å². The van der Waals surface area contributed by atoms with Crippen molar-refractivity contribution in [2.24, 2.45) is 0 Å². The van der Waals surface area contributed by atoms with Crippen LogP contribution in [0.5, 0.6) is 0 Å². The normalized spacial score (nSPS) is 10.9. The lowest BCUT2D eigenvalue weighted by molar-refractivity contribution is -0.182.